The molecule has 1 aromatic carbocycles. The summed E-state index contributed by atoms with van der Waals surface area (Å²) < 4.78 is 28.9. The molecule has 1 aromatic rings. The Hall–Kier alpha value is -1.92. The second kappa shape index (κ2) is 7.62. The highest BCUT2D eigenvalue weighted by Crippen LogP contribution is 2.08. The van der Waals surface area contributed by atoms with Crippen molar-refractivity contribution >= 4 is 22.1 Å². The van der Waals surface area contributed by atoms with Gasteiger partial charge in [-0.3, -0.25) is 9.35 Å². The minimum atomic E-state index is -4.00. The molecule has 0 aliphatic carbocycles. The van der Waals surface area contributed by atoms with E-state index < -0.39 is 10.1 Å². The molecule has 1 aliphatic heterocycles. The zero-order chi connectivity index (χ0) is 15.0. The Bertz CT molecular complexity index is 578. The molecular weight excluding hydrogens is 278 g/mol. The van der Waals surface area contributed by atoms with Crippen LogP contribution in [0.15, 0.2) is 48.5 Å². The number of hydrogen-bond acceptors (Lipinski definition) is 3. The highest BCUT2D eigenvalue weighted by atomic mass is 32.2. The molecule has 1 N–H and O–H groups in total. The van der Waals surface area contributed by atoms with Gasteiger partial charge >= 0.3 is 0 Å². The van der Waals surface area contributed by atoms with Crippen LogP contribution >= 0.6 is 0 Å². The van der Waals surface area contributed by atoms with Crippen LogP contribution in [0.25, 0.3) is 6.08 Å². The zero-order valence-corrected chi connectivity index (χ0v) is 11.8. The monoisotopic (exact) mass is 295 g/mol. The fourth-order valence-corrected chi connectivity index (χ4v) is 1.92. The molecule has 0 spiro atoms. The number of benzene rings is 1. The van der Waals surface area contributed by atoms with E-state index in [9.17, 15) is 13.2 Å². The minimum absolute atomic E-state index is 0.208. The Morgan fingerprint density at radius 3 is 2.30 bits per heavy atom. The number of carbonyl (C=O) groups excluding carboxylic acids is 1. The average Bonchev–Trinajstić information content (AvgIpc) is 2.83. The number of nitrogens with zero attached hydrogens (tertiary/aromatic N) is 1. The highest BCUT2D eigenvalue weighted by Gasteiger charge is 2.15. The molecule has 1 aliphatic rings. The van der Waals surface area contributed by atoms with Crippen LogP contribution in [-0.2, 0) is 14.9 Å². The third-order valence-electron chi connectivity index (χ3n) is 2.56. The van der Waals surface area contributed by atoms with Crippen LogP contribution in [0.1, 0.15) is 18.4 Å². The van der Waals surface area contributed by atoms with Crippen LogP contribution in [0.5, 0.6) is 0 Å². The second-order valence-corrected chi connectivity index (χ2v) is 5.40. The molecule has 0 atom stereocenters. The highest BCUT2D eigenvalue weighted by molar-refractivity contribution is 7.88. The summed E-state index contributed by atoms with van der Waals surface area (Å²) in [5, 5.41) is 0.752. The van der Waals surface area contributed by atoms with Crippen molar-refractivity contribution in [3.8, 4) is 0 Å². The Morgan fingerprint density at radius 1 is 1.25 bits per heavy atom. The average molecular weight is 295 g/mol. The number of rotatable bonds is 3. The van der Waals surface area contributed by atoms with Gasteiger partial charge in [-0.25, -0.2) is 0 Å². The van der Waals surface area contributed by atoms with Crippen LogP contribution in [0.3, 0.4) is 0 Å². The Kier molecular flexibility index (Phi) is 6.14. The lowest BCUT2D eigenvalue weighted by atomic mass is 10.2. The van der Waals surface area contributed by atoms with E-state index in [4.69, 9.17) is 4.55 Å². The van der Waals surface area contributed by atoms with Gasteiger partial charge < -0.3 is 4.90 Å². The van der Waals surface area contributed by atoms with E-state index in [1.54, 1.807) is 35.4 Å². The van der Waals surface area contributed by atoms with Gasteiger partial charge in [0.2, 0.25) is 5.91 Å². The van der Waals surface area contributed by atoms with Crippen LogP contribution < -0.4 is 0 Å². The number of hydrogen-bond donors (Lipinski definition) is 1. The third kappa shape index (κ3) is 6.31. The molecule has 2 rings (SSSR count). The van der Waals surface area contributed by atoms with Gasteiger partial charge in [0.25, 0.3) is 10.1 Å². The van der Waals surface area contributed by atoms with Crippen molar-refractivity contribution in [2.75, 3.05) is 6.54 Å². The fraction of sp³-hybridized carbons (Fsp3) is 0.214. The standard InChI is InChI=1S/C8H8O3S.C6H9NO/c9-12(10,11)7-6-8-4-2-1-3-5-8;1-2-7-5-3-4-6(7)8/h1-7H,(H,9,10,11);2H,1,3-5H2. The summed E-state index contributed by atoms with van der Waals surface area (Å²) in [6.07, 6.45) is 4.61. The molecular formula is C14H17NO4S. The summed E-state index contributed by atoms with van der Waals surface area (Å²) in [6, 6.07) is 8.86. The first-order valence-electron chi connectivity index (χ1n) is 6.05. The number of likely N-dealkylation sites (tertiary alicyclic amines) is 1. The fourth-order valence-electron chi connectivity index (χ4n) is 1.59. The second-order valence-electron chi connectivity index (χ2n) is 4.10. The van der Waals surface area contributed by atoms with Crippen molar-refractivity contribution < 1.29 is 17.8 Å². The normalized spacial score (nSPS) is 15.1. The Morgan fingerprint density at radius 2 is 1.90 bits per heavy atom. The van der Waals surface area contributed by atoms with Gasteiger partial charge in [0.05, 0.1) is 5.41 Å². The van der Waals surface area contributed by atoms with Crippen molar-refractivity contribution in [3.63, 3.8) is 0 Å². The van der Waals surface area contributed by atoms with Gasteiger partial charge in [-0.15, -0.1) is 0 Å². The molecule has 0 aromatic heterocycles. The van der Waals surface area contributed by atoms with Gasteiger partial charge in [0, 0.05) is 13.0 Å². The van der Waals surface area contributed by atoms with Crippen LogP contribution in [0.2, 0.25) is 0 Å². The molecule has 0 bridgehead atoms. The van der Waals surface area contributed by atoms with E-state index >= 15 is 0 Å². The maximum Gasteiger partial charge on any atom is 0.287 e. The van der Waals surface area contributed by atoms with E-state index in [-0.39, 0.29) is 5.91 Å². The van der Waals surface area contributed by atoms with E-state index in [1.807, 2.05) is 6.07 Å². The summed E-state index contributed by atoms with van der Waals surface area (Å²) in [6.45, 7) is 4.36. The molecule has 1 saturated heterocycles. The first-order valence-corrected chi connectivity index (χ1v) is 7.55. The van der Waals surface area contributed by atoms with Gasteiger partial charge in [0.1, 0.15) is 0 Å². The molecule has 108 valence electrons. The maximum absolute atomic E-state index is 10.7. The largest absolute Gasteiger partial charge is 0.320 e. The summed E-state index contributed by atoms with van der Waals surface area (Å²) in [5.41, 5.74) is 0.732. The van der Waals surface area contributed by atoms with E-state index in [2.05, 4.69) is 6.58 Å². The smallest absolute Gasteiger partial charge is 0.287 e. The molecule has 0 saturated carbocycles. The van der Waals surface area contributed by atoms with Crippen LogP contribution in [0.4, 0.5) is 0 Å². The number of amides is 1. The zero-order valence-electron chi connectivity index (χ0n) is 11.0. The van der Waals surface area contributed by atoms with Crippen molar-refractivity contribution in [1.29, 1.82) is 0 Å². The Labute approximate surface area is 119 Å². The maximum atomic E-state index is 10.7. The number of carbonyl (C=O) groups is 1. The molecule has 0 radical (unpaired) electrons. The van der Waals surface area contributed by atoms with Crippen molar-refractivity contribution in [3.05, 3.63) is 54.1 Å². The molecule has 1 fully saturated rings. The topological polar surface area (TPSA) is 74.7 Å². The van der Waals surface area contributed by atoms with Crippen LogP contribution in [-0.4, -0.2) is 30.3 Å². The van der Waals surface area contributed by atoms with Crippen LogP contribution in [0, 0.1) is 0 Å². The van der Waals surface area contributed by atoms with Crippen molar-refractivity contribution in [1.82, 2.24) is 4.90 Å². The predicted molar refractivity (Wildman–Crippen MR) is 78.2 cm³/mol. The van der Waals surface area contributed by atoms with Gasteiger partial charge in [-0.2, -0.15) is 8.42 Å². The lowest BCUT2D eigenvalue weighted by Crippen LogP contribution is -2.16. The summed E-state index contributed by atoms with van der Waals surface area (Å²) >= 11 is 0. The molecule has 20 heavy (non-hydrogen) atoms. The summed E-state index contributed by atoms with van der Waals surface area (Å²) in [5.74, 6) is 0.208. The lowest BCUT2D eigenvalue weighted by molar-refractivity contribution is -0.125. The van der Waals surface area contributed by atoms with Crippen molar-refractivity contribution in [2.45, 2.75) is 12.8 Å². The molecule has 0 unspecified atom stereocenters. The minimum Gasteiger partial charge on any atom is -0.320 e. The predicted octanol–water partition coefficient (Wildman–Crippen LogP) is 2.30. The molecule has 5 nitrogen and oxygen atoms in total. The van der Waals surface area contributed by atoms with Crippen molar-refractivity contribution in [2.24, 2.45) is 0 Å². The third-order valence-corrected chi connectivity index (χ3v) is 3.04. The van der Waals surface area contributed by atoms with E-state index in [0.717, 1.165) is 23.9 Å². The SMILES string of the molecule is C=CN1CCCC1=O.O=S(=O)(O)C=Cc1ccccc1. The quantitative estimate of drug-likeness (QED) is 0.868. The first kappa shape index (κ1) is 16.1. The molecule has 1 amide bonds. The summed E-state index contributed by atoms with van der Waals surface area (Å²) in [4.78, 5) is 12.3. The van der Waals surface area contributed by atoms with Gasteiger partial charge in [-0.1, -0.05) is 36.9 Å². The van der Waals surface area contributed by atoms with Gasteiger partial charge in [0.15, 0.2) is 0 Å². The molecule has 1 heterocycles. The first-order chi connectivity index (χ1) is 9.42. The van der Waals surface area contributed by atoms with E-state index in [1.165, 1.54) is 6.08 Å². The van der Waals surface area contributed by atoms with Gasteiger partial charge in [-0.05, 0) is 24.3 Å². The lowest BCUT2D eigenvalue weighted by Gasteiger charge is -2.05. The van der Waals surface area contributed by atoms with E-state index in [0.29, 0.717) is 6.42 Å². The molecule has 6 heteroatoms. The summed E-state index contributed by atoms with van der Waals surface area (Å²) in [7, 11) is -4.00. The Balaban J connectivity index is 0.000000217.